The third kappa shape index (κ3) is 8.11. The zero-order valence-electron chi connectivity index (χ0n) is 4.63. The molecule has 0 aliphatic heterocycles. The second-order valence-electron chi connectivity index (χ2n) is 0.750. The Kier molecular flexibility index (Phi) is 19.6. The standard InChI is InChI=1S/C3H2N3.Fe.H2N.Zn/c1-2-4-6-5-3-1;;;/h1-2H;;1H2;/q-1;+2;-1;. The number of rotatable bonds is 0. The normalized spacial score (nSPS) is 5.33. The molecule has 1 rings (SSSR count). The van der Waals surface area contributed by atoms with Crippen LogP contribution < -0.4 is 0 Å². The summed E-state index contributed by atoms with van der Waals surface area (Å²) in [6.07, 6.45) is 3.99. The van der Waals surface area contributed by atoms with Gasteiger partial charge >= 0.3 is 17.1 Å². The van der Waals surface area contributed by atoms with Gasteiger partial charge in [0.1, 0.15) is 0 Å². The fraction of sp³-hybridized carbons (Fsp3) is 0. The van der Waals surface area contributed by atoms with Crippen LogP contribution in [0, 0.1) is 6.20 Å². The fourth-order valence-corrected chi connectivity index (χ4v) is 0.181. The summed E-state index contributed by atoms with van der Waals surface area (Å²) in [5, 5.41) is 9.92. The van der Waals surface area contributed by atoms with Gasteiger partial charge in [0, 0.05) is 19.5 Å². The first-order chi connectivity index (χ1) is 3.00. The second-order valence-corrected chi connectivity index (χ2v) is 0.750. The molecule has 0 aliphatic carbocycles. The van der Waals surface area contributed by atoms with Crippen LogP contribution in [0.25, 0.3) is 6.15 Å². The van der Waals surface area contributed by atoms with Crippen LogP contribution in [0.1, 0.15) is 0 Å². The summed E-state index contributed by atoms with van der Waals surface area (Å²) >= 11 is 0. The van der Waals surface area contributed by atoms with Gasteiger partial charge in [-0.2, -0.15) is 6.07 Å². The van der Waals surface area contributed by atoms with Gasteiger partial charge in [0.2, 0.25) is 0 Å². The van der Waals surface area contributed by atoms with Crippen LogP contribution in [0.15, 0.2) is 12.3 Å². The maximum atomic E-state index is 3.39. The molecule has 4 nitrogen and oxygen atoms in total. The second kappa shape index (κ2) is 11.0. The SMILES string of the molecule is [Fe+2].[NH2-].[Zn].[c-]1ccnnn1. The molecular formula is C3H4FeN4Zn. The molecule has 0 bridgehead atoms. The van der Waals surface area contributed by atoms with Gasteiger partial charge in [-0.05, 0) is 0 Å². The van der Waals surface area contributed by atoms with Crippen molar-refractivity contribution in [1.82, 2.24) is 15.4 Å². The van der Waals surface area contributed by atoms with E-state index in [9.17, 15) is 0 Å². The molecular weight excluding hydrogens is 213 g/mol. The summed E-state index contributed by atoms with van der Waals surface area (Å²) in [5.41, 5.74) is 0. The van der Waals surface area contributed by atoms with Crippen molar-refractivity contribution in [1.29, 1.82) is 0 Å². The van der Waals surface area contributed by atoms with Crippen LogP contribution in [-0.2, 0) is 36.5 Å². The van der Waals surface area contributed by atoms with Crippen LogP contribution in [0.5, 0.6) is 0 Å². The van der Waals surface area contributed by atoms with E-state index in [1.54, 1.807) is 6.07 Å². The Morgan fingerprint density at radius 3 is 2.11 bits per heavy atom. The average molecular weight is 217 g/mol. The van der Waals surface area contributed by atoms with Crippen molar-refractivity contribution in [3.63, 3.8) is 0 Å². The summed E-state index contributed by atoms with van der Waals surface area (Å²) in [6.45, 7) is 0. The van der Waals surface area contributed by atoms with Gasteiger partial charge in [-0.3, -0.25) is 0 Å². The molecule has 0 spiro atoms. The van der Waals surface area contributed by atoms with Crippen molar-refractivity contribution in [2.24, 2.45) is 0 Å². The van der Waals surface area contributed by atoms with Gasteiger partial charge in [0.05, 0.1) is 0 Å². The van der Waals surface area contributed by atoms with Crippen LogP contribution in [0.3, 0.4) is 0 Å². The Labute approximate surface area is 76.6 Å². The van der Waals surface area contributed by atoms with E-state index >= 15 is 0 Å². The number of nitrogens with two attached hydrogens (primary N) is 1. The molecule has 0 fully saturated rings. The predicted octanol–water partition coefficient (Wildman–Crippen LogP) is 0.384. The van der Waals surface area contributed by atoms with Gasteiger partial charge in [-0.15, -0.1) is 6.20 Å². The molecule has 2 N–H and O–H groups in total. The van der Waals surface area contributed by atoms with Gasteiger partial charge in [0.25, 0.3) is 0 Å². The van der Waals surface area contributed by atoms with Crippen molar-refractivity contribution in [2.75, 3.05) is 0 Å². The molecule has 46 valence electrons. The summed E-state index contributed by atoms with van der Waals surface area (Å²) in [6, 6.07) is 1.59. The van der Waals surface area contributed by atoms with Crippen LogP contribution in [0.4, 0.5) is 0 Å². The van der Waals surface area contributed by atoms with Crippen LogP contribution >= 0.6 is 0 Å². The quantitative estimate of drug-likeness (QED) is 0.466. The van der Waals surface area contributed by atoms with Crippen molar-refractivity contribution in [3.8, 4) is 0 Å². The molecule has 6 heteroatoms. The molecule has 0 atom stereocenters. The van der Waals surface area contributed by atoms with E-state index in [4.69, 9.17) is 0 Å². The molecule has 0 amide bonds. The van der Waals surface area contributed by atoms with Crippen LogP contribution in [0.2, 0.25) is 0 Å². The Balaban J connectivity index is -0.000000120. The molecule has 1 aromatic rings. The molecule has 0 radical (unpaired) electrons. The summed E-state index contributed by atoms with van der Waals surface area (Å²) < 4.78 is 0. The van der Waals surface area contributed by atoms with E-state index in [2.05, 4.69) is 21.6 Å². The van der Waals surface area contributed by atoms with E-state index in [1.807, 2.05) is 0 Å². The average Bonchev–Trinajstić information content (AvgIpc) is 1.72. The Morgan fingerprint density at radius 1 is 1.33 bits per heavy atom. The number of hydrogen-bond donors (Lipinski definition) is 0. The number of nitrogens with zero attached hydrogens (tertiary/aromatic N) is 3. The molecule has 0 aromatic carbocycles. The minimum absolute atomic E-state index is 0. The third-order valence-electron chi connectivity index (χ3n) is 0.370. The summed E-state index contributed by atoms with van der Waals surface area (Å²) in [5.74, 6) is 0. The summed E-state index contributed by atoms with van der Waals surface area (Å²) in [4.78, 5) is 0. The topological polar surface area (TPSA) is 72.2 Å². The first-order valence-corrected chi connectivity index (χ1v) is 1.50. The van der Waals surface area contributed by atoms with Crippen molar-refractivity contribution in [2.45, 2.75) is 0 Å². The molecule has 0 unspecified atom stereocenters. The Hall–Kier alpha value is 0.113. The number of hydrogen-bond acceptors (Lipinski definition) is 3. The summed E-state index contributed by atoms with van der Waals surface area (Å²) in [7, 11) is 0. The third-order valence-corrected chi connectivity index (χ3v) is 0.370. The molecule has 1 aromatic heterocycles. The van der Waals surface area contributed by atoms with Crippen molar-refractivity contribution < 1.29 is 36.5 Å². The fourth-order valence-electron chi connectivity index (χ4n) is 0.181. The van der Waals surface area contributed by atoms with E-state index in [-0.39, 0.29) is 42.7 Å². The molecule has 1 heterocycles. The van der Waals surface area contributed by atoms with E-state index in [0.717, 1.165) is 0 Å². The minimum Gasteiger partial charge on any atom is -0.693 e. The van der Waals surface area contributed by atoms with Gasteiger partial charge in [-0.25, -0.2) is 10.2 Å². The zero-order valence-corrected chi connectivity index (χ0v) is 8.71. The minimum atomic E-state index is 0. The molecule has 9 heavy (non-hydrogen) atoms. The number of aromatic nitrogens is 3. The van der Waals surface area contributed by atoms with E-state index in [1.165, 1.54) is 6.20 Å². The predicted molar refractivity (Wildman–Crippen MR) is 23.9 cm³/mol. The first kappa shape index (κ1) is 16.1. The largest absolute Gasteiger partial charge is 2.00 e. The maximum absolute atomic E-state index is 3.39. The smallest absolute Gasteiger partial charge is 0.693 e. The van der Waals surface area contributed by atoms with Gasteiger partial charge < -0.3 is 6.15 Å². The zero-order chi connectivity index (χ0) is 4.24. The van der Waals surface area contributed by atoms with E-state index in [0.29, 0.717) is 0 Å². The van der Waals surface area contributed by atoms with Gasteiger partial charge in [0.15, 0.2) is 0 Å². The van der Waals surface area contributed by atoms with Crippen molar-refractivity contribution >= 4 is 0 Å². The first-order valence-electron chi connectivity index (χ1n) is 1.50. The molecule has 0 saturated carbocycles. The Morgan fingerprint density at radius 2 is 2.00 bits per heavy atom. The van der Waals surface area contributed by atoms with Gasteiger partial charge in [-0.1, -0.05) is 11.4 Å². The van der Waals surface area contributed by atoms with Crippen molar-refractivity contribution in [3.05, 3.63) is 24.6 Å². The Bertz CT molecular complexity index is 87.7. The molecule has 0 saturated heterocycles. The maximum Gasteiger partial charge on any atom is 2.00 e. The molecule has 0 aliphatic rings. The monoisotopic (exact) mass is 216 g/mol. The van der Waals surface area contributed by atoms with E-state index < -0.39 is 0 Å². The van der Waals surface area contributed by atoms with Crippen LogP contribution in [-0.4, -0.2) is 15.4 Å².